The van der Waals surface area contributed by atoms with E-state index >= 15 is 0 Å². The van der Waals surface area contributed by atoms with Crippen LogP contribution in [0.5, 0.6) is 5.75 Å². The van der Waals surface area contributed by atoms with Crippen LogP contribution in [0.15, 0.2) is 78.3 Å². The van der Waals surface area contributed by atoms with Crippen LogP contribution in [0, 0.1) is 0 Å². The maximum Gasteiger partial charge on any atom is 0.246 e. The van der Waals surface area contributed by atoms with Crippen molar-refractivity contribution in [1.29, 1.82) is 0 Å². The van der Waals surface area contributed by atoms with Crippen molar-refractivity contribution in [3.05, 3.63) is 73.4 Å². The molecular formula is C25H22N2O4S. The lowest BCUT2D eigenvalue weighted by Gasteiger charge is -2.39. The van der Waals surface area contributed by atoms with Gasteiger partial charge in [-0.2, -0.15) is 0 Å². The normalized spacial score (nSPS) is 14.6. The fraction of sp³-hybridized carbons (Fsp3) is 0.160. The number of hydrogen-bond donors (Lipinski definition) is 1. The van der Waals surface area contributed by atoms with Gasteiger partial charge in [0.25, 0.3) is 0 Å². The van der Waals surface area contributed by atoms with Crippen LogP contribution >= 0.6 is 0 Å². The highest BCUT2D eigenvalue weighted by molar-refractivity contribution is 7.91. The first-order valence-electron chi connectivity index (χ1n) is 10.2. The summed E-state index contributed by atoms with van der Waals surface area (Å²) in [5, 5.41) is 12.7. The number of phenols is 1. The smallest absolute Gasteiger partial charge is 0.246 e. The molecule has 5 rings (SSSR count). The van der Waals surface area contributed by atoms with Gasteiger partial charge < -0.3 is 14.6 Å². The molecule has 1 aromatic heterocycles. The molecule has 1 aliphatic heterocycles. The van der Waals surface area contributed by atoms with Crippen molar-refractivity contribution in [2.75, 3.05) is 19.3 Å². The third kappa shape index (κ3) is 3.26. The molecule has 4 aromatic rings. The Morgan fingerprint density at radius 3 is 2.56 bits per heavy atom. The van der Waals surface area contributed by atoms with Crippen LogP contribution in [0.3, 0.4) is 0 Å². The Morgan fingerprint density at radius 1 is 1.09 bits per heavy atom. The molecule has 1 aliphatic rings. The Hall–Kier alpha value is -3.58. The van der Waals surface area contributed by atoms with Gasteiger partial charge in [-0.25, -0.2) is 8.42 Å². The Balaban J connectivity index is 1.67. The predicted molar refractivity (Wildman–Crippen MR) is 125 cm³/mol. The minimum absolute atomic E-state index is 0.00403. The maximum atomic E-state index is 12.6. The summed E-state index contributed by atoms with van der Waals surface area (Å²) in [7, 11) is -3.48. The van der Waals surface area contributed by atoms with Crippen molar-refractivity contribution in [2.45, 2.75) is 10.9 Å². The van der Waals surface area contributed by atoms with Gasteiger partial charge in [0.1, 0.15) is 5.75 Å². The van der Waals surface area contributed by atoms with Gasteiger partial charge in [-0.1, -0.05) is 36.9 Å². The Kier molecular flexibility index (Phi) is 4.60. The van der Waals surface area contributed by atoms with Crippen molar-refractivity contribution in [2.24, 2.45) is 0 Å². The van der Waals surface area contributed by atoms with Crippen molar-refractivity contribution in [1.82, 2.24) is 9.47 Å². The summed E-state index contributed by atoms with van der Waals surface area (Å²) >= 11 is 0. The number of carbonyl (C=O) groups excluding carboxylic acids is 1. The van der Waals surface area contributed by atoms with Crippen LogP contribution in [0.2, 0.25) is 0 Å². The molecule has 0 aliphatic carbocycles. The number of benzene rings is 3. The molecule has 1 amide bonds. The van der Waals surface area contributed by atoms with E-state index in [1.807, 2.05) is 47.0 Å². The average Bonchev–Trinajstić information content (AvgIpc) is 3.11. The molecule has 2 heterocycles. The van der Waals surface area contributed by atoms with Gasteiger partial charge in [0, 0.05) is 36.4 Å². The summed E-state index contributed by atoms with van der Waals surface area (Å²) in [6.07, 6.45) is 4.17. The minimum Gasteiger partial charge on any atom is -0.508 e. The van der Waals surface area contributed by atoms with Gasteiger partial charge in [-0.15, -0.1) is 0 Å². The number of nitrogens with zero attached hydrogens (tertiary/aromatic N) is 2. The molecule has 3 aromatic carbocycles. The monoisotopic (exact) mass is 446 g/mol. The summed E-state index contributed by atoms with van der Waals surface area (Å²) in [6, 6.07) is 16.9. The van der Waals surface area contributed by atoms with Crippen molar-refractivity contribution >= 4 is 37.4 Å². The van der Waals surface area contributed by atoms with E-state index in [0.29, 0.717) is 18.5 Å². The zero-order chi connectivity index (χ0) is 22.6. The first-order valence-corrected chi connectivity index (χ1v) is 12.1. The van der Waals surface area contributed by atoms with E-state index in [2.05, 4.69) is 6.58 Å². The number of amides is 1. The topological polar surface area (TPSA) is 79.6 Å². The number of phenolic OH excluding ortho intramolecular Hbond substituents is 1. The number of hydrogen-bond acceptors (Lipinski definition) is 4. The molecule has 0 spiro atoms. The number of likely N-dealkylation sites (tertiary alicyclic amines) is 1. The molecule has 0 saturated carbocycles. The predicted octanol–water partition coefficient (Wildman–Crippen LogP) is 4.14. The van der Waals surface area contributed by atoms with Crippen LogP contribution in [0.1, 0.15) is 6.04 Å². The summed E-state index contributed by atoms with van der Waals surface area (Å²) in [5.74, 6) is 0.0280. The van der Waals surface area contributed by atoms with Crippen LogP contribution in [-0.4, -0.2) is 48.2 Å². The van der Waals surface area contributed by atoms with E-state index < -0.39 is 9.84 Å². The van der Waals surface area contributed by atoms with Crippen molar-refractivity contribution in [3.8, 4) is 16.9 Å². The van der Waals surface area contributed by atoms with Crippen LogP contribution in [0.25, 0.3) is 32.8 Å². The largest absolute Gasteiger partial charge is 0.508 e. The quantitative estimate of drug-likeness (QED) is 0.478. The van der Waals surface area contributed by atoms with E-state index in [-0.39, 0.29) is 22.6 Å². The number of aromatic hydroxyl groups is 1. The lowest BCUT2D eigenvalue weighted by atomic mass is 9.97. The molecule has 32 heavy (non-hydrogen) atoms. The molecule has 0 atom stereocenters. The highest BCUT2D eigenvalue weighted by Gasteiger charge is 2.32. The fourth-order valence-electron chi connectivity index (χ4n) is 4.46. The van der Waals surface area contributed by atoms with E-state index in [0.717, 1.165) is 27.4 Å². The zero-order valence-electron chi connectivity index (χ0n) is 17.5. The second-order valence-corrected chi connectivity index (χ2v) is 10.2. The molecule has 162 valence electrons. The Labute approximate surface area is 185 Å². The van der Waals surface area contributed by atoms with Crippen molar-refractivity contribution < 1.29 is 18.3 Å². The lowest BCUT2D eigenvalue weighted by Crippen LogP contribution is -2.49. The van der Waals surface area contributed by atoms with Gasteiger partial charge >= 0.3 is 0 Å². The maximum absolute atomic E-state index is 12.6. The number of carbonyl (C=O) groups is 1. The summed E-state index contributed by atoms with van der Waals surface area (Å²) in [5.41, 5.74) is 2.46. The Morgan fingerprint density at radius 2 is 1.84 bits per heavy atom. The zero-order valence-corrected chi connectivity index (χ0v) is 18.3. The second-order valence-electron chi connectivity index (χ2n) is 8.22. The van der Waals surface area contributed by atoms with Gasteiger partial charge in [0.2, 0.25) is 5.91 Å². The summed E-state index contributed by atoms with van der Waals surface area (Å²) in [6.45, 7) is 4.54. The summed E-state index contributed by atoms with van der Waals surface area (Å²) in [4.78, 5) is 13.8. The molecule has 1 N–H and O–H groups in total. The molecule has 0 radical (unpaired) electrons. The molecule has 7 heteroatoms. The van der Waals surface area contributed by atoms with Crippen molar-refractivity contribution in [3.63, 3.8) is 0 Å². The molecule has 6 nitrogen and oxygen atoms in total. The highest BCUT2D eigenvalue weighted by atomic mass is 32.2. The van der Waals surface area contributed by atoms with Gasteiger partial charge in [0.15, 0.2) is 9.84 Å². The number of fused-ring (bicyclic) bond motifs is 2. The van der Waals surface area contributed by atoms with Crippen LogP contribution in [0.4, 0.5) is 0 Å². The second kappa shape index (κ2) is 7.24. The fourth-order valence-corrected chi connectivity index (χ4v) is 5.33. The first kappa shape index (κ1) is 20.3. The van der Waals surface area contributed by atoms with Gasteiger partial charge in [-0.05, 0) is 52.2 Å². The van der Waals surface area contributed by atoms with Crippen LogP contribution in [-0.2, 0) is 14.6 Å². The highest BCUT2D eigenvalue weighted by Crippen LogP contribution is 2.37. The number of sulfone groups is 1. The minimum atomic E-state index is -3.48. The van der Waals surface area contributed by atoms with E-state index in [1.54, 1.807) is 23.2 Å². The standard InChI is InChI=1S/C25H22N2O4S/c1-3-25(29)26-13-18(14-26)27-15-24(32(2,30)31)22-11-17(8-9-23(22)27)21-12-19(28)10-16-6-4-5-7-20(16)21/h3-12,15,18,28H,1,13-14H2,2H3. The van der Waals surface area contributed by atoms with E-state index in [4.69, 9.17) is 0 Å². The lowest BCUT2D eigenvalue weighted by molar-refractivity contribution is -0.131. The number of rotatable bonds is 4. The number of aromatic nitrogens is 1. The summed E-state index contributed by atoms with van der Waals surface area (Å²) < 4.78 is 27.1. The molecule has 0 unspecified atom stereocenters. The van der Waals surface area contributed by atoms with E-state index in [9.17, 15) is 18.3 Å². The van der Waals surface area contributed by atoms with Gasteiger partial charge in [-0.3, -0.25) is 4.79 Å². The SMILES string of the molecule is C=CC(=O)N1CC(n2cc(S(C)(=O)=O)c3cc(-c4cc(O)cc5ccccc45)ccc32)C1. The molecule has 1 saturated heterocycles. The third-order valence-corrected chi connectivity index (χ3v) is 7.22. The third-order valence-electron chi connectivity index (χ3n) is 6.10. The van der Waals surface area contributed by atoms with Gasteiger partial charge in [0.05, 0.1) is 10.9 Å². The first-order chi connectivity index (χ1) is 15.3. The van der Waals surface area contributed by atoms with Crippen LogP contribution < -0.4 is 0 Å². The Bertz CT molecular complexity index is 1510. The molecule has 1 fully saturated rings. The average molecular weight is 447 g/mol. The van der Waals surface area contributed by atoms with E-state index in [1.165, 1.54) is 12.3 Å². The molecule has 0 bridgehead atoms. The molecular weight excluding hydrogens is 424 g/mol.